The van der Waals surface area contributed by atoms with Gasteiger partial charge < -0.3 is 13.3 Å². The zero-order chi connectivity index (χ0) is 11.9. The third kappa shape index (κ3) is 4.61. The van der Waals surface area contributed by atoms with Gasteiger partial charge in [-0.05, 0) is 20.5 Å². The van der Waals surface area contributed by atoms with Gasteiger partial charge >= 0.3 is 8.80 Å². The molecule has 4 nitrogen and oxygen atoms in total. The minimum atomic E-state index is -2.43. The Kier molecular flexibility index (Phi) is 7.38. The Labute approximate surface area is 94.9 Å². The SMILES string of the molecule is CCC[Si](OC)(OC)OC(CC)N(C)C. The second-order valence-corrected chi connectivity index (χ2v) is 6.70. The Balaban J connectivity index is 4.48. The highest BCUT2D eigenvalue weighted by molar-refractivity contribution is 6.60. The smallest absolute Gasteiger partial charge is 0.377 e. The molecule has 0 radical (unpaired) electrons. The van der Waals surface area contributed by atoms with E-state index in [1.54, 1.807) is 14.2 Å². The molecule has 0 aromatic heterocycles. The normalized spacial score (nSPS) is 14.6. The molecule has 0 heterocycles. The molecule has 0 bridgehead atoms. The zero-order valence-electron chi connectivity index (χ0n) is 10.9. The van der Waals surface area contributed by atoms with Crippen LogP contribution in [0.2, 0.25) is 6.04 Å². The zero-order valence-corrected chi connectivity index (χ0v) is 11.9. The second-order valence-electron chi connectivity index (χ2n) is 3.79. The minimum Gasteiger partial charge on any atom is -0.377 e. The molecule has 0 aliphatic carbocycles. The van der Waals surface area contributed by atoms with E-state index in [4.69, 9.17) is 13.3 Å². The van der Waals surface area contributed by atoms with Crippen molar-refractivity contribution in [3.63, 3.8) is 0 Å². The lowest BCUT2D eigenvalue weighted by Gasteiger charge is -2.33. The van der Waals surface area contributed by atoms with Crippen LogP contribution in [0.25, 0.3) is 0 Å². The lowest BCUT2D eigenvalue weighted by atomic mass is 10.4. The van der Waals surface area contributed by atoms with Crippen LogP contribution >= 0.6 is 0 Å². The Hall–Kier alpha value is 0.0569. The summed E-state index contributed by atoms with van der Waals surface area (Å²) in [5.74, 6) is 0. The Bertz CT molecular complexity index is 163. The Morgan fingerprint density at radius 3 is 1.93 bits per heavy atom. The first-order chi connectivity index (χ1) is 7.05. The summed E-state index contributed by atoms with van der Waals surface area (Å²) in [6.07, 6.45) is 2.01. The van der Waals surface area contributed by atoms with Gasteiger partial charge in [0.25, 0.3) is 0 Å². The molecule has 0 spiro atoms. The van der Waals surface area contributed by atoms with Crippen LogP contribution in [-0.4, -0.2) is 48.2 Å². The lowest BCUT2D eigenvalue weighted by molar-refractivity contribution is -0.0142. The molecule has 0 aliphatic rings. The first-order valence-corrected chi connectivity index (χ1v) is 7.43. The molecule has 0 N–H and O–H groups in total. The van der Waals surface area contributed by atoms with Crippen molar-refractivity contribution in [2.45, 2.75) is 39.0 Å². The van der Waals surface area contributed by atoms with E-state index in [-0.39, 0.29) is 6.23 Å². The van der Waals surface area contributed by atoms with Crippen LogP contribution in [0.5, 0.6) is 0 Å². The summed E-state index contributed by atoms with van der Waals surface area (Å²) in [4.78, 5) is 2.05. The minimum absolute atomic E-state index is 0.0723. The van der Waals surface area contributed by atoms with Crippen molar-refractivity contribution in [1.82, 2.24) is 4.90 Å². The van der Waals surface area contributed by atoms with Gasteiger partial charge in [0.2, 0.25) is 0 Å². The van der Waals surface area contributed by atoms with Crippen molar-refractivity contribution < 1.29 is 13.3 Å². The summed E-state index contributed by atoms with van der Waals surface area (Å²) in [5.41, 5.74) is 0. The average molecular weight is 235 g/mol. The fraction of sp³-hybridized carbons (Fsp3) is 1.00. The van der Waals surface area contributed by atoms with Crippen LogP contribution in [0.4, 0.5) is 0 Å². The highest BCUT2D eigenvalue weighted by Gasteiger charge is 2.40. The van der Waals surface area contributed by atoms with Gasteiger partial charge in [0, 0.05) is 20.3 Å². The van der Waals surface area contributed by atoms with Gasteiger partial charge in [-0.15, -0.1) is 0 Å². The van der Waals surface area contributed by atoms with E-state index in [0.29, 0.717) is 0 Å². The molecule has 0 amide bonds. The van der Waals surface area contributed by atoms with Crippen LogP contribution < -0.4 is 0 Å². The fourth-order valence-electron chi connectivity index (χ4n) is 1.51. The summed E-state index contributed by atoms with van der Waals surface area (Å²) in [6, 6.07) is 0.865. The first kappa shape index (κ1) is 15.1. The van der Waals surface area contributed by atoms with Gasteiger partial charge in [0.1, 0.15) is 6.23 Å². The summed E-state index contributed by atoms with van der Waals surface area (Å²) >= 11 is 0. The largest absolute Gasteiger partial charge is 0.501 e. The highest BCUT2D eigenvalue weighted by Crippen LogP contribution is 2.19. The molecule has 0 aromatic rings. The van der Waals surface area contributed by atoms with Gasteiger partial charge in [0.15, 0.2) is 0 Å². The van der Waals surface area contributed by atoms with Crippen LogP contribution in [0.15, 0.2) is 0 Å². The van der Waals surface area contributed by atoms with E-state index in [2.05, 4.69) is 18.7 Å². The van der Waals surface area contributed by atoms with Crippen molar-refractivity contribution in [1.29, 1.82) is 0 Å². The number of rotatable bonds is 8. The van der Waals surface area contributed by atoms with Crippen molar-refractivity contribution in [2.75, 3.05) is 28.3 Å². The van der Waals surface area contributed by atoms with E-state index in [1.807, 2.05) is 14.1 Å². The van der Waals surface area contributed by atoms with E-state index in [1.165, 1.54) is 0 Å². The average Bonchev–Trinajstić information content (AvgIpc) is 2.24. The molecule has 1 unspecified atom stereocenters. The molecular formula is C10H25NO3Si. The molecule has 0 saturated heterocycles. The van der Waals surface area contributed by atoms with E-state index < -0.39 is 8.80 Å². The molecule has 5 heteroatoms. The predicted octanol–water partition coefficient (Wildman–Crippen LogP) is 1.94. The van der Waals surface area contributed by atoms with Crippen molar-refractivity contribution in [3.05, 3.63) is 0 Å². The maximum atomic E-state index is 6.01. The van der Waals surface area contributed by atoms with Gasteiger partial charge in [-0.25, -0.2) is 0 Å². The second kappa shape index (κ2) is 7.35. The maximum absolute atomic E-state index is 6.01. The molecule has 1 atom stereocenters. The Morgan fingerprint density at radius 1 is 1.13 bits per heavy atom. The number of hydrogen-bond acceptors (Lipinski definition) is 4. The standard InChI is InChI=1S/C10H25NO3Si/c1-7-9-15(12-5,13-6)14-10(8-2)11(3)4/h10H,7-9H2,1-6H3. The van der Waals surface area contributed by atoms with Crippen LogP contribution in [0, 0.1) is 0 Å². The topological polar surface area (TPSA) is 30.9 Å². The van der Waals surface area contributed by atoms with Gasteiger partial charge in [-0.1, -0.05) is 20.3 Å². The molecule has 92 valence electrons. The molecule has 0 aromatic carbocycles. The molecule has 0 aliphatic heterocycles. The highest BCUT2D eigenvalue weighted by atomic mass is 28.4. The molecule has 15 heavy (non-hydrogen) atoms. The third-order valence-corrected chi connectivity index (χ3v) is 5.41. The lowest BCUT2D eigenvalue weighted by Crippen LogP contribution is -2.49. The summed E-state index contributed by atoms with van der Waals surface area (Å²) in [7, 11) is 4.93. The number of hydrogen-bond donors (Lipinski definition) is 0. The number of nitrogens with zero attached hydrogens (tertiary/aromatic N) is 1. The van der Waals surface area contributed by atoms with Crippen LogP contribution in [0.1, 0.15) is 26.7 Å². The summed E-state index contributed by atoms with van der Waals surface area (Å²) in [5, 5.41) is 0. The summed E-state index contributed by atoms with van der Waals surface area (Å²) < 4.78 is 17.0. The van der Waals surface area contributed by atoms with E-state index in [9.17, 15) is 0 Å². The monoisotopic (exact) mass is 235 g/mol. The molecule has 0 fully saturated rings. The summed E-state index contributed by atoms with van der Waals surface area (Å²) in [6.45, 7) is 4.21. The quantitative estimate of drug-likeness (QED) is 0.475. The van der Waals surface area contributed by atoms with Crippen molar-refractivity contribution >= 4 is 8.80 Å². The maximum Gasteiger partial charge on any atom is 0.501 e. The third-order valence-electron chi connectivity index (χ3n) is 2.42. The molecule has 0 rings (SSSR count). The first-order valence-electron chi connectivity index (χ1n) is 5.49. The molecular weight excluding hydrogens is 210 g/mol. The van der Waals surface area contributed by atoms with Gasteiger partial charge in [0.05, 0.1) is 0 Å². The van der Waals surface area contributed by atoms with E-state index >= 15 is 0 Å². The van der Waals surface area contributed by atoms with Crippen molar-refractivity contribution in [2.24, 2.45) is 0 Å². The predicted molar refractivity (Wildman–Crippen MR) is 63.7 cm³/mol. The molecule has 0 saturated carbocycles. The fourth-order valence-corrected chi connectivity index (χ4v) is 3.80. The van der Waals surface area contributed by atoms with Gasteiger partial charge in [-0.2, -0.15) is 0 Å². The Morgan fingerprint density at radius 2 is 1.67 bits per heavy atom. The van der Waals surface area contributed by atoms with Crippen molar-refractivity contribution in [3.8, 4) is 0 Å². The van der Waals surface area contributed by atoms with E-state index in [0.717, 1.165) is 18.9 Å². The van der Waals surface area contributed by atoms with Crippen LogP contribution in [-0.2, 0) is 13.3 Å². The van der Waals surface area contributed by atoms with Gasteiger partial charge in [-0.3, -0.25) is 4.90 Å². The van der Waals surface area contributed by atoms with Crippen LogP contribution in [0.3, 0.4) is 0 Å².